The third kappa shape index (κ3) is 5.52. The molecular weight excluding hydrogens is 480 g/mol. The van der Waals surface area contributed by atoms with Gasteiger partial charge in [0.25, 0.3) is 5.91 Å². The van der Waals surface area contributed by atoms with E-state index in [1.807, 2.05) is 4.90 Å². The Kier molecular flexibility index (Phi) is 8.18. The van der Waals surface area contributed by atoms with Crippen LogP contribution in [0.4, 0.5) is 0 Å². The minimum Gasteiger partial charge on any atom is -0.363 e. The summed E-state index contributed by atoms with van der Waals surface area (Å²) in [6.45, 7) is 4.93. The summed E-state index contributed by atoms with van der Waals surface area (Å²) in [6, 6.07) is -1.41. The van der Waals surface area contributed by atoms with Crippen LogP contribution in [0.1, 0.15) is 104 Å². The minimum atomic E-state index is -1.01. The molecule has 212 valence electrons. The van der Waals surface area contributed by atoms with E-state index >= 15 is 0 Å². The van der Waals surface area contributed by atoms with Gasteiger partial charge in [0.1, 0.15) is 6.04 Å². The van der Waals surface area contributed by atoms with E-state index in [-0.39, 0.29) is 35.1 Å². The van der Waals surface area contributed by atoms with Gasteiger partial charge >= 0.3 is 0 Å². The Hall–Kier alpha value is -1.96. The van der Waals surface area contributed by atoms with Crippen molar-refractivity contribution >= 4 is 23.5 Å². The molecular formula is C30H48N4O4. The molecule has 5 atom stereocenters. The molecule has 0 aromatic heterocycles. The largest absolute Gasteiger partial charge is 0.363 e. The number of nitrogens with one attached hydrogen (secondary N) is 2. The number of hydrogen-bond donors (Lipinski definition) is 3. The summed E-state index contributed by atoms with van der Waals surface area (Å²) in [4.78, 5) is 54.5. The van der Waals surface area contributed by atoms with Gasteiger partial charge in [-0.3, -0.25) is 19.2 Å². The van der Waals surface area contributed by atoms with Crippen LogP contribution in [0.3, 0.4) is 0 Å². The smallest absolute Gasteiger partial charge is 0.287 e. The number of nitrogens with two attached hydrogens (primary N) is 1. The summed E-state index contributed by atoms with van der Waals surface area (Å²) in [5, 5.41) is 6.70. The fraction of sp³-hybridized carbons (Fsp3) is 0.867. The molecule has 38 heavy (non-hydrogen) atoms. The first-order chi connectivity index (χ1) is 18.2. The number of nitrogens with zero attached hydrogens (tertiary/aromatic N) is 1. The molecule has 4 unspecified atom stereocenters. The molecule has 1 heterocycles. The van der Waals surface area contributed by atoms with Gasteiger partial charge in [0.15, 0.2) is 0 Å². The number of Topliss-reactive ketones (excluding diaryl/α,β-unsaturated/α-hetero) is 1. The van der Waals surface area contributed by atoms with E-state index in [1.54, 1.807) is 0 Å². The van der Waals surface area contributed by atoms with Gasteiger partial charge in [-0.2, -0.15) is 0 Å². The highest BCUT2D eigenvalue weighted by molar-refractivity contribution is 6.37. The second-order valence-corrected chi connectivity index (χ2v) is 13.6. The molecule has 4 N–H and O–H groups in total. The van der Waals surface area contributed by atoms with Crippen molar-refractivity contribution in [2.24, 2.45) is 34.8 Å². The Balaban J connectivity index is 1.35. The molecule has 8 nitrogen and oxygen atoms in total. The zero-order chi connectivity index (χ0) is 27.0. The van der Waals surface area contributed by atoms with E-state index in [9.17, 15) is 19.2 Å². The summed E-state index contributed by atoms with van der Waals surface area (Å²) in [7, 11) is 0. The standard InChI is InChI=1S/C30H48N4O4/c1-30(2)21-17-34(29(38)24(19-12-5-3-6-13-19)32-20-14-7-4-8-15-20)25(23(21)30)28(37)33-22(26(35)27(31)36)16-18-10-9-11-18/h18-25,32H,3-17H2,1-2H3,(H2,31,36)(H,33,37)/t21?,22?,23-,24?,25?/m1/s1. The van der Waals surface area contributed by atoms with E-state index in [4.69, 9.17) is 5.73 Å². The third-order valence-corrected chi connectivity index (χ3v) is 10.8. The van der Waals surface area contributed by atoms with Crippen LogP contribution in [0.5, 0.6) is 0 Å². The molecule has 5 fully saturated rings. The summed E-state index contributed by atoms with van der Waals surface area (Å²) >= 11 is 0. The SMILES string of the molecule is CC1(C)C2CN(C(=O)C(NC3CCCCC3)C3CCCCC3)C(C(=O)NC(CC3CCC3)C(=O)C(N)=O)[C@@H]21. The van der Waals surface area contributed by atoms with E-state index in [0.717, 1.165) is 57.8 Å². The number of likely N-dealkylation sites (tertiary alicyclic amines) is 1. The Morgan fingerprint density at radius 2 is 1.53 bits per heavy atom. The van der Waals surface area contributed by atoms with Crippen LogP contribution < -0.4 is 16.4 Å². The van der Waals surface area contributed by atoms with Gasteiger partial charge in [-0.25, -0.2) is 0 Å². The van der Waals surface area contributed by atoms with Gasteiger partial charge < -0.3 is 21.3 Å². The first-order valence-electron chi connectivity index (χ1n) is 15.4. The van der Waals surface area contributed by atoms with Crippen LogP contribution in [-0.4, -0.2) is 59.1 Å². The molecule has 3 amide bonds. The Morgan fingerprint density at radius 1 is 0.895 bits per heavy atom. The number of primary amides is 1. The molecule has 0 aromatic rings. The highest BCUT2D eigenvalue weighted by Gasteiger charge is 2.69. The van der Waals surface area contributed by atoms with Crippen molar-refractivity contribution in [3.63, 3.8) is 0 Å². The zero-order valence-electron chi connectivity index (χ0n) is 23.4. The van der Waals surface area contributed by atoms with E-state index in [2.05, 4.69) is 24.5 Å². The Morgan fingerprint density at radius 3 is 2.11 bits per heavy atom. The van der Waals surface area contributed by atoms with Gasteiger partial charge in [-0.05, 0) is 61.2 Å². The lowest BCUT2D eigenvalue weighted by Crippen LogP contribution is -2.60. The predicted molar refractivity (Wildman–Crippen MR) is 145 cm³/mol. The Labute approximate surface area is 227 Å². The molecule has 5 aliphatic rings. The van der Waals surface area contributed by atoms with Crippen LogP contribution in [0, 0.1) is 29.1 Å². The molecule has 1 aliphatic heterocycles. The summed E-state index contributed by atoms with van der Waals surface area (Å²) in [5.41, 5.74) is 5.33. The lowest BCUT2D eigenvalue weighted by Gasteiger charge is -2.39. The monoisotopic (exact) mass is 528 g/mol. The highest BCUT2D eigenvalue weighted by atomic mass is 16.2. The maximum Gasteiger partial charge on any atom is 0.287 e. The molecule has 0 bridgehead atoms. The second kappa shape index (κ2) is 11.3. The minimum absolute atomic E-state index is 0.0207. The number of amides is 3. The number of piperidine rings is 1. The number of fused-ring (bicyclic) bond motifs is 1. The molecule has 4 aliphatic carbocycles. The molecule has 0 aromatic carbocycles. The van der Waals surface area contributed by atoms with Crippen molar-refractivity contribution in [3.05, 3.63) is 0 Å². The quantitative estimate of drug-likeness (QED) is 0.376. The maximum atomic E-state index is 14.3. The first kappa shape index (κ1) is 27.6. The van der Waals surface area contributed by atoms with Crippen molar-refractivity contribution < 1.29 is 19.2 Å². The molecule has 8 heteroatoms. The van der Waals surface area contributed by atoms with Crippen LogP contribution in [0.25, 0.3) is 0 Å². The van der Waals surface area contributed by atoms with Gasteiger partial charge in [0.2, 0.25) is 17.6 Å². The van der Waals surface area contributed by atoms with Gasteiger partial charge in [0, 0.05) is 12.6 Å². The Bertz CT molecular complexity index is 919. The van der Waals surface area contributed by atoms with Crippen molar-refractivity contribution in [3.8, 4) is 0 Å². The third-order valence-electron chi connectivity index (χ3n) is 10.8. The lowest BCUT2D eigenvalue weighted by molar-refractivity contribution is -0.145. The number of rotatable bonds is 10. The zero-order valence-corrected chi connectivity index (χ0v) is 23.4. The van der Waals surface area contributed by atoms with Gasteiger partial charge in [-0.15, -0.1) is 0 Å². The van der Waals surface area contributed by atoms with E-state index < -0.39 is 23.8 Å². The van der Waals surface area contributed by atoms with Gasteiger partial charge in [-0.1, -0.05) is 71.6 Å². The molecule has 5 rings (SSSR count). The van der Waals surface area contributed by atoms with Gasteiger partial charge in [0.05, 0.1) is 12.1 Å². The highest BCUT2D eigenvalue weighted by Crippen LogP contribution is 2.65. The fourth-order valence-electron chi connectivity index (χ4n) is 8.11. The van der Waals surface area contributed by atoms with Crippen LogP contribution in [0.15, 0.2) is 0 Å². The maximum absolute atomic E-state index is 14.3. The van der Waals surface area contributed by atoms with E-state index in [1.165, 1.54) is 25.7 Å². The van der Waals surface area contributed by atoms with Crippen LogP contribution in [0.2, 0.25) is 0 Å². The average molecular weight is 529 g/mol. The van der Waals surface area contributed by atoms with Crippen molar-refractivity contribution in [2.75, 3.05) is 6.54 Å². The summed E-state index contributed by atoms with van der Waals surface area (Å²) < 4.78 is 0. The first-order valence-corrected chi connectivity index (χ1v) is 15.4. The molecule has 1 saturated heterocycles. The molecule has 0 spiro atoms. The number of carbonyl (C=O) groups excluding carboxylic acids is 4. The van der Waals surface area contributed by atoms with E-state index in [0.29, 0.717) is 30.8 Å². The molecule has 0 radical (unpaired) electrons. The predicted octanol–water partition coefficient (Wildman–Crippen LogP) is 3.07. The average Bonchev–Trinajstić information content (AvgIpc) is 3.21. The van der Waals surface area contributed by atoms with Crippen LogP contribution >= 0.6 is 0 Å². The lowest BCUT2D eigenvalue weighted by atomic mass is 9.80. The number of carbonyl (C=O) groups is 4. The fourth-order valence-corrected chi connectivity index (χ4v) is 8.11. The summed E-state index contributed by atoms with van der Waals surface area (Å²) in [5.74, 6) is -1.00. The van der Waals surface area contributed by atoms with Crippen molar-refractivity contribution in [1.82, 2.24) is 15.5 Å². The van der Waals surface area contributed by atoms with Crippen molar-refractivity contribution in [1.29, 1.82) is 0 Å². The van der Waals surface area contributed by atoms with Crippen molar-refractivity contribution in [2.45, 2.75) is 128 Å². The molecule has 4 saturated carbocycles. The van der Waals surface area contributed by atoms with Crippen LogP contribution in [-0.2, 0) is 19.2 Å². The summed E-state index contributed by atoms with van der Waals surface area (Å²) in [6.07, 6.45) is 15.1. The topological polar surface area (TPSA) is 122 Å². The second-order valence-electron chi connectivity index (χ2n) is 13.6. The number of ketones is 1. The number of hydrogen-bond acceptors (Lipinski definition) is 5. The normalized spacial score (nSPS) is 31.1.